The van der Waals surface area contributed by atoms with E-state index < -0.39 is 0 Å². The molecular formula is C24H26O2. The van der Waals surface area contributed by atoms with Crippen molar-refractivity contribution in [1.29, 1.82) is 0 Å². The summed E-state index contributed by atoms with van der Waals surface area (Å²) in [6.45, 7) is 11.2. The fourth-order valence-electron chi connectivity index (χ4n) is 3.57. The van der Waals surface area contributed by atoms with E-state index in [-0.39, 0.29) is 10.8 Å². The van der Waals surface area contributed by atoms with E-state index >= 15 is 0 Å². The molecule has 2 aromatic heterocycles. The second-order valence-electron chi connectivity index (χ2n) is 8.95. The Balaban J connectivity index is 1.66. The van der Waals surface area contributed by atoms with Gasteiger partial charge in [-0.15, -0.1) is 0 Å². The van der Waals surface area contributed by atoms with Crippen molar-refractivity contribution in [3.63, 3.8) is 0 Å². The van der Waals surface area contributed by atoms with Gasteiger partial charge in [-0.2, -0.15) is 0 Å². The number of furan rings is 2. The highest BCUT2D eigenvalue weighted by atomic mass is 16.3. The Hall–Kier alpha value is -2.48. The quantitative estimate of drug-likeness (QED) is 0.399. The Labute approximate surface area is 154 Å². The van der Waals surface area contributed by atoms with Crippen LogP contribution < -0.4 is 0 Å². The number of hydrogen-bond donors (Lipinski definition) is 0. The molecule has 0 aliphatic carbocycles. The average molecular weight is 346 g/mol. The second-order valence-corrected chi connectivity index (χ2v) is 8.95. The van der Waals surface area contributed by atoms with Crippen molar-refractivity contribution in [3.05, 3.63) is 71.7 Å². The molecule has 0 aliphatic heterocycles. The first kappa shape index (κ1) is 17.0. The lowest BCUT2D eigenvalue weighted by molar-refractivity contribution is 0.447. The molecule has 0 radical (unpaired) electrons. The highest BCUT2D eigenvalue weighted by Crippen LogP contribution is 2.33. The fourth-order valence-corrected chi connectivity index (χ4v) is 3.57. The molecule has 134 valence electrons. The summed E-state index contributed by atoms with van der Waals surface area (Å²) in [6.07, 6.45) is 2.59. The van der Waals surface area contributed by atoms with Crippen LogP contribution >= 0.6 is 0 Å². The summed E-state index contributed by atoms with van der Waals surface area (Å²) in [5.74, 6) is 1.02. The van der Waals surface area contributed by atoms with Crippen LogP contribution in [-0.4, -0.2) is 0 Å². The van der Waals surface area contributed by atoms with Crippen molar-refractivity contribution in [2.24, 2.45) is 0 Å². The first-order chi connectivity index (χ1) is 12.2. The molecule has 4 rings (SSSR count). The molecule has 26 heavy (non-hydrogen) atoms. The molecule has 0 spiro atoms. The molecule has 0 saturated heterocycles. The van der Waals surface area contributed by atoms with Crippen molar-refractivity contribution >= 4 is 21.9 Å². The molecule has 0 aliphatic rings. The molecule has 2 aromatic carbocycles. The van der Waals surface area contributed by atoms with Crippen LogP contribution in [0.4, 0.5) is 0 Å². The van der Waals surface area contributed by atoms with Gasteiger partial charge in [0.1, 0.15) is 16.9 Å². The van der Waals surface area contributed by atoms with Gasteiger partial charge in [0.05, 0.1) is 6.26 Å². The summed E-state index contributed by atoms with van der Waals surface area (Å²) in [5, 5.41) is 2.33. The van der Waals surface area contributed by atoms with Crippen LogP contribution in [0.15, 0.2) is 63.6 Å². The van der Waals surface area contributed by atoms with Crippen LogP contribution in [0.5, 0.6) is 0 Å². The van der Waals surface area contributed by atoms with E-state index in [2.05, 4.69) is 77.1 Å². The van der Waals surface area contributed by atoms with E-state index in [4.69, 9.17) is 8.83 Å². The van der Waals surface area contributed by atoms with Gasteiger partial charge < -0.3 is 8.83 Å². The molecular weight excluding hydrogens is 320 g/mol. The predicted octanol–water partition coefficient (Wildman–Crippen LogP) is 7.00. The van der Waals surface area contributed by atoms with E-state index in [1.807, 2.05) is 6.07 Å². The minimum Gasteiger partial charge on any atom is -0.464 e. The SMILES string of the molecule is CC(C)(C)c1ccc2oc(CC(C)(C)c3ccc4ccoc4c3)cc2c1. The minimum absolute atomic E-state index is 0.0400. The molecule has 2 heteroatoms. The van der Waals surface area contributed by atoms with E-state index in [0.29, 0.717) is 0 Å². The Kier molecular flexibility index (Phi) is 3.76. The standard InChI is InChI=1S/C24H26O2/c1-23(2,3)18-8-9-21-17(12-18)13-20(26-21)15-24(4,5)19-7-6-16-10-11-25-22(16)14-19/h6-14H,15H2,1-5H3. The van der Waals surface area contributed by atoms with Gasteiger partial charge in [0, 0.05) is 17.2 Å². The smallest absolute Gasteiger partial charge is 0.134 e. The maximum atomic E-state index is 6.14. The molecule has 0 saturated carbocycles. The zero-order chi connectivity index (χ0) is 18.5. The summed E-state index contributed by atoms with van der Waals surface area (Å²) >= 11 is 0. The summed E-state index contributed by atoms with van der Waals surface area (Å²) in [4.78, 5) is 0. The summed E-state index contributed by atoms with van der Waals surface area (Å²) in [7, 11) is 0. The highest BCUT2D eigenvalue weighted by Gasteiger charge is 2.24. The van der Waals surface area contributed by atoms with E-state index in [9.17, 15) is 0 Å². The first-order valence-electron chi connectivity index (χ1n) is 9.23. The zero-order valence-electron chi connectivity index (χ0n) is 16.2. The molecule has 4 aromatic rings. The van der Waals surface area contributed by atoms with E-state index in [1.165, 1.54) is 16.5 Å². The highest BCUT2D eigenvalue weighted by molar-refractivity contribution is 5.79. The van der Waals surface area contributed by atoms with Crippen LogP contribution in [-0.2, 0) is 17.3 Å². The normalized spacial score (nSPS) is 13.0. The Morgan fingerprint density at radius 2 is 1.50 bits per heavy atom. The maximum absolute atomic E-state index is 6.14. The number of rotatable bonds is 3. The van der Waals surface area contributed by atoms with Gasteiger partial charge in [-0.1, -0.05) is 52.8 Å². The molecule has 0 N–H and O–H groups in total. The Morgan fingerprint density at radius 3 is 2.27 bits per heavy atom. The fraction of sp³-hybridized carbons (Fsp3) is 0.333. The Bertz CT molecular complexity index is 1070. The van der Waals surface area contributed by atoms with Crippen molar-refractivity contribution in [2.75, 3.05) is 0 Å². The Morgan fingerprint density at radius 1 is 0.731 bits per heavy atom. The topological polar surface area (TPSA) is 26.3 Å². The largest absolute Gasteiger partial charge is 0.464 e. The third-order valence-electron chi connectivity index (χ3n) is 5.29. The predicted molar refractivity (Wildman–Crippen MR) is 108 cm³/mol. The third kappa shape index (κ3) is 3.05. The first-order valence-corrected chi connectivity index (χ1v) is 9.23. The maximum Gasteiger partial charge on any atom is 0.134 e. The molecule has 0 amide bonds. The lowest BCUT2D eigenvalue weighted by Crippen LogP contribution is -2.20. The number of fused-ring (bicyclic) bond motifs is 2. The summed E-state index contributed by atoms with van der Waals surface area (Å²) < 4.78 is 11.7. The van der Waals surface area contributed by atoms with Crippen LogP contribution in [0, 0.1) is 0 Å². The monoisotopic (exact) mass is 346 g/mol. The van der Waals surface area contributed by atoms with Crippen molar-refractivity contribution in [2.45, 2.75) is 51.9 Å². The van der Waals surface area contributed by atoms with Crippen LogP contribution in [0.3, 0.4) is 0 Å². The van der Waals surface area contributed by atoms with Gasteiger partial charge in [-0.25, -0.2) is 0 Å². The van der Waals surface area contributed by atoms with Gasteiger partial charge in [0.15, 0.2) is 0 Å². The molecule has 2 nitrogen and oxygen atoms in total. The number of hydrogen-bond acceptors (Lipinski definition) is 2. The summed E-state index contributed by atoms with van der Waals surface area (Å²) in [5.41, 5.74) is 4.60. The lowest BCUT2D eigenvalue weighted by atomic mass is 9.80. The summed E-state index contributed by atoms with van der Waals surface area (Å²) in [6, 6.07) is 17.2. The minimum atomic E-state index is -0.0400. The lowest BCUT2D eigenvalue weighted by Gasteiger charge is -2.24. The molecule has 0 bridgehead atoms. The van der Waals surface area contributed by atoms with Gasteiger partial charge in [-0.05, 0) is 52.3 Å². The second kappa shape index (κ2) is 5.77. The molecule has 0 unspecified atom stereocenters. The number of benzene rings is 2. The van der Waals surface area contributed by atoms with Crippen LogP contribution in [0.25, 0.3) is 21.9 Å². The van der Waals surface area contributed by atoms with Crippen LogP contribution in [0.2, 0.25) is 0 Å². The van der Waals surface area contributed by atoms with Gasteiger partial charge in [0.25, 0.3) is 0 Å². The molecule has 0 fully saturated rings. The van der Waals surface area contributed by atoms with Gasteiger partial charge in [-0.3, -0.25) is 0 Å². The molecule has 0 atom stereocenters. The average Bonchev–Trinajstić information content (AvgIpc) is 3.17. The molecule has 2 heterocycles. The van der Waals surface area contributed by atoms with Crippen molar-refractivity contribution in [1.82, 2.24) is 0 Å². The van der Waals surface area contributed by atoms with Crippen molar-refractivity contribution in [3.8, 4) is 0 Å². The van der Waals surface area contributed by atoms with Crippen molar-refractivity contribution < 1.29 is 8.83 Å². The third-order valence-corrected chi connectivity index (χ3v) is 5.29. The van der Waals surface area contributed by atoms with E-state index in [1.54, 1.807) is 6.26 Å². The van der Waals surface area contributed by atoms with E-state index in [0.717, 1.165) is 28.7 Å². The van der Waals surface area contributed by atoms with Gasteiger partial charge >= 0.3 is 0 Å². The van der Waals surface area contributed by atoms with Crippen LogP contribution in [0.1, 0.15) is 51.5 Å². The van der Waals surface area contributed by atoms with Gasteiger partial charge in [0.2, 0.25) is 0 Å². The zero-order valence-corrected chi connectivity index (χ0v) is 16.2.